The summed E-state index contributed by atoms with van der Waals surface area (Å²) in [7, 11) is 0. The number of hydrogen-bond acceptors (Lipinski definition) is 1. The first kappa shape index (κ1) is 37.1. The smallest absolute Gasteiger partial charge is 0.0714 e. The molecule has 0 saturated heterocycles. The highest BCUT2D eigenvalue weighted by Gasteiger charge is 2.46. The summed E-state index contributed by atoms with van der Waals surface area (Å²) in [5, 5.41) is 7.43. The third kappa shape index (κ3) is 5.74. The molecule has 0 fully saturated rings. The van der Waals surface area contributed by atoms with Gasteiger partial charge in [0.2, 0.25) is 0 Å². The minimum atomic E-state index is -0.503. The van der Waals surface area contributed by atoms with Crippen LogP contribution in [0.2, 0.25) is 0 Å². The van der Waals surface area contributed by atoms with Gasteiger partial charge >= 0.3 is 0 Å². The first-order valence-electron chi connectivity index (χ1n) is 22.5. The van der Waals surface area contributed by atoms with Crippen LogP contribution in [-0.2, 0) is 5.41 Å². The van der Waals surface area contributed by atoms with E-state index >= 15 is 0 Å². The van der Waals surface area contributed by atoms with E-state index in [1.54, 1.807) is 0 Å². The van der Waals surface area contributed by atoms with Gasteiger partial charge in [-0.15, -0.1) is 0 Å². The molecule has 13 rings (SSSR count). The van der Waals surface area contributed by atoms with Crippen LogP contribution in [-0.4, -0.2) is 4.57 Å². The summed E-state index contributed by atoms with van der Waals surface area (Å²) >= 11 is 0. The number of fused-ring (bicyclic) bond motifs is 9. The molecule has 0 aliphatic heterocycles. The highest BCUT2D eigenvalue weighted by molar-refractivity contribution is 6.19. The van der Waals surface area contributed by atoms with Crippen molar-refractivity contribution in [2.75, 3.05) is 4.90 Å². The predicted octanol–water partition coefficient (Wildman–Crippen LogP) is 16.6. The molecule has 1 aromatic heterocycles. The van der Waals surface area contributed by atoms with E-state index < -0.39 is 5.41 Å². The lowest BCUT2D eigenvalue weighted by Gasteiger charge is -2.35. The molecule has 0 amide bonds. The van der Waals surface area contributed by atoms with Crippen LogP contribution in [0.1, 0.15) is 22.3 Å². The van der Waals surface area contributed by atoms with Gasteiger partial charge in [0.1, 0.15) is 0 Å². The standard InChI is InChI=1S/C63H42N2/c1-4-19-48(20-5-1)63(49-21-6-2-7-22-49)59-27-15-14-26-55(59)56-39-36-53(42-60(56)63)64(52-35-30-43-16-10-11-18-46(43)40-52)51-33-28-44(29-34-51)47-32-37-57-58-38-31-45-17-12-13-25-54(45)62(58)65(61(57)41-47)50-23-8-3-9-24-50/h1-42H. The first-order chi connectivity index (χ1) is 32.2. The van der Waals surface area contributed by atoms with Crippen LogP contribution < -0.4 is 4.90 Å². The van der Waals surface area contributed by atoms with E-state index in [1.807, 2.05) is 0 Å². The lowest BCUT2D eigenvalue weighted by molar-refractivity contribution is 0.768. The highest BCUT2D eigenvalue weighted by Crippen LogP contribution is 2.57. The summed E-state index contributed by atoms with van der Waals surface area (Å²) in [6, 6.07) is 93.9. The molecule has 0 N–H and O–H groups in total. The molecule has 0 spiro atoms. The average molecular weight is 827 g/mol. The first-order valence-corrected chi connectivity index (χ1v) is 22.5. The molecule has 1 aliphatic carbocycles. The molecule has 65 heavy (non-hydrogen) atoms. The summed E-state index contributed by atoms with van der Waals surface area (Å²) in [6.07, 6.45) is 0. The zero-order chi connectivity index (χ0) is 42.9. The van der Waals surface area contributed by atoms with E-state index in [9.17, 15) is 0 Å². The number of aromatic nitrogens is 1. The van der Waals surface area contributed by atoms with Gasteiger partial charge < -0.3 is 9.47 Å². The molecule has 1 heterocycles. The Balaban J connectivity index is 0.989. The van der Waals surface area contributed by atoms with Crippen molar-refractivity contribution >= 4 is 60.4 Å². The fourth-order valence-electron chi connectivity index (χ4n) is 10.9. The van der Waals surface area contributed by atoms with Crippen LogP contribution in [0.15, 0.2) is 255 Å². The summed E-state index contributed by atoms with van der Waals surface area (Å²) in [4.78, 5) is 2.43. The number of anilines is 3. The number of hydrogen-bond donors (Lipinski definition) is 0. The second kappa shape index (κ2) is 14.8. The van der Waals surface area contributed by atoms with E-state index in [4.69, 9.17) is 0 Å². The van der Waals surface area contributed by atoms with Gasteiger partial charge in [-0.2, -0.15) is 0 Å². The van der Waals surface area contributed by atoms with E-state index in [-0.39, 0.29) is 0 Å². The van der Waals surface area contributed by atoms with E-state index in [1.165, 1.54) is 87.9 Å². The molecule has 0 atom stereocenters. The Labute approximate surface area is 378 Å². The zero-order valence-corrected chi connectivity index (χ0v) is 35.6. The van der Waals surface area contributed by atoms with Crippen molar-refractivity contribution in [1.82, 2.24) is 4.57 Å². The van der Waals surface area contributed by atoms with Crippen LogP contribution >= 0.6 is 0 Å². The van der Waals surface area contributed by atoms with Crippen molar-refractivity contribution in [3.8, 4) is 27.9 Å². The van der Waals surface area contributed by atoms with Crippen LogP contribution in [0.4, 0.5) is 17.1 Å². The van der Waals surface area contributed by atoms with Gasteiger partial charge in [-0.05, 0) is 115 Å². The van der Waals surface area contributed by atoms with Gasteiger partial charge in [-0.25, -0.2) is 0 Å². The summed E-state index contributed by atoms with van der Waals surface area (Å²) in [5.41, 5.74) is 16.4. The van der Waals surface area contributed by atoms with Gasteiger partial charge in [0.25, 0.3) is 0 Å². The van der Waals surface area contributed by atoms with Crippen molar-refractivity contribution in [3.63, 3.8) is 0 Å². The number of benzene rings is 11. The Morgan fingerprint density at radius 2 is 0.877 bits per heavy atom. The monoisotopic (exact) mass is 826 g/mol. The molecule has 12 aromatic rings. The maximum Gasteiger partial charge on any atom is 0.0714 e. The van der Waals surface area contributed by atoms with Crippen molar-refractivity contribution in [3.05, 3.63) is 277 Å². The molecular formula is C63H42N2. The van der Waals surface area contributed by atoms with E-state index in [2.05, 4.69) is 264 Å². The predicted molar refractivity (Wildman–Crippen MR) is 273 cm³/mol. The molecule has 0 unspecified atom stereocenters. The Morgan fingerprint density at radius 1 is 0.323 bits per heavy atom. The van der Waals surface area contributed by atoms with Crippen LogP contribution in [0.3, 0.4) is 0 Å². The quantitative estimate of drug-likeness (QED) is 0.155. The number of rotatable bonds is 7. The van der Waals surface area contributed by atoms with Gasteiger partial charge in [0.15, 0.2) is 0 Å². The maximum atomic E-state index is 2.46. The Bertz CT molecular complexity index is 3720. The van der Waals surface area contributed by atoms with Crippen LogP contribution in [0.5, 0.6) is 0 Å². The third-order valence-electron chi connectivity index (χ3n) is 13.8. The number of nitrogens with zero attached hydrogens (tertiary/aromatic N) is 2. The Hall–Kier alpha value is -8.46. The molecular weight excluding hydrogens is 785 g/mol. The minimum Gasteiger partial charge on any atom is -0.310 e. The second-order valence-corrected chi connectivity index (χ2v) is 17.3. The van der Waals surface area contributed by atoms with Crippen molar-refractivity contribution in [2.45, 2.75) is 5.41 Å². The SMILES string of the molecule is c1ccc(-n2c3cc(-c4ccc(N(c5ccc6c(c5)C(c5ccccc5)(c5ccccc5)c5ccccc5-6)c5ccc6ccccc6c5)cc4)ccc3c3ccc4ccccc4c32)cc1. The van der Waals surface area contributed by atoms with Gasteiger partial charge in [-0.1, -0.05) is 200 Å². The minimum absolute atomic E-state index is 0.503. The fraction of sp³-hybridized carbons (Fsp3) is 0.0159. The molecule has 0 radical (unpaired) electrons. The average Bonchev–Trinajstić information content (AvgIpc) is 3.88. The molecule has 2 nitrogen and oxygen atoms in total. The van der Waals surface area contributed by atoms with Crippen LogP contribution in [0.25, 0.3) is 71.3 Å². The van der Waals surface area contributed by atoms with E-state index in [0.29, 0.717) is 0 Å². The molecule has 304 valence electrons. The summed E-state index contributed by atoms with van der Waals surface area (Å²) in [5.74, 6) is 0. The van der Waals surface area contributed by atoms with Crippen molar-refractivity contribution < 1.29 is 0 Å². The van der Waals surface area contributed by atoms with Gasteiger partial charge in [0, 0.05) is 38.9 Å². The third-order valence-corrected chi connectivity index (χ3v) is 13.8. The van der Waals surface area contributed by atoms with Crippen molar-refractivity contribution in [1.29, 1.82) is 0 Å². The maximum absolute atomic E-state index is 2.46. The largest absolute Gasteiger partial charge is 0.310 e. The fourth-order valence-corrected chi connectivity index (χ4v) is 10.9. The second-order valence-electron chi connectivity index (χ2n) is 17.3. The molecule has 11 aromatic carbocycles. The molecule has 1 aliphatic rings. The zero-order valence-electron chi connectivity index (χ0n) is 35.6. The highest BCUT2D eigenvalue weighted by atomic mass is 15.1. The normalized spacial score (nSPS) is 12.7. The Morgan fingerprint density at radius 3 is 1.65 bits per heavy atom. The Kier molecular flexibility index (Phi) is 8.47. The summed E-state index contributed by atoms with van der Waals surface area (Å²) in [6.45, 7) is 0. The van der Waals surface area contributed by atoms with E-state index in [0.717, 1.165) is 22.7 Å². The van der Waals surface area contributed by atoms with Crippen molar-refractivity contribution in [2.24, 2.45) is 0 Å². The topological polar surface area (TPSA) is 8.17 Å². The number of para-hydroxylation sites is 1. The van der Waals surface area contributed by atoms with Gasteiger partial charge in [0.05, 0.1) is 16.4 Å². The molecule has 0 bridgehead atoms. The molecule has 2 heteroatoms. The lowest BCUT2D eigenvalue weighted by Crippen LogP contribution is -2.28. The van der Waals surface area contributed by atoms with Crippen LogP contribution in [0, 0.1) is 0 Å². The molecule has 0 saturated carbocycles. The summed E-state index contributed by atoms with van der Waals surface area (Å²) < 4.78 is 2.45. The lowest BCUT2D eigenvalue weighted by atomic mass is 9.67. The van der Waals surface area contributed by atoms with Gasteiger partial charge in [-0.3, -0.25) is 0 Å².